The highest BCUT2D eigenvalue weighted by Gasteiger charge is 2.27. The van der Waals surface area contributed by atoms with Gasteiger partial charge in [0.05, 0.1) is 11.1 Å². The van der Waals surface area contributed by atoms with Crippen LogP contribution in [0, 0.1) is 0 Å². The molecule has 0 aliphatic carbocycles. The third-order valence-electron chi connectivity index (χ3n) is 4.80. The molecule has 3 N–H and O–H groups in total. The van der Waals surface area contributed by atoms with Crippen LogP contribution < -0.4 is 11.1 Å². The lowest BCUT2D eigenvalue weighted by molar-refractivity contribution is 0.0947. The Bertz CT molecular complexity index is 1210. The summed E-state index contributed by atoms with van der Waals surface area (Å²) in [5.74, 6) is 0.728. The summed E-state index contributed by atoms with van der Waals surface area (Å²) < 4.78 is 3.68. The maximum Gasteiger partial charge on any atom is 0.268 e. The number of fused-ring (bicyclic) bond motifs is 2. The number of para-hydroxylation sites is 1. The van der Waals surface area contributed by atoms with E-state index in [1.54, 1.807) is 0 Å². The number of benzene rings is 1. The molecule has 4 rings (SSSR count). The summed E-state index contributed by atoms with van der Waals surface area (Å²) in [4.78, 5) is 21.6. The zero-order chi connectivity index (χ0) is 20.8. The van der Waals surface area contributed by atoms with Gasteiger partial charge in [0, 0.05) is 11.9 Å². The second kappa shape index (κ2) is 6.88. The number of nitrogens with one attached hydrogen (secondary N) is 1. The van der Waals surface area contributed by atoms with Gasteiger partial charge in [0.1, 0.15) is 23.2 Å². The van der Waals surface area contributed by atoms with Crippen molar-refractivity contribution in [2.45, 2.75) is 39.7 Å². The van der Waals surface area contributed by atoms with Gasteiger partial charge in [-0.25, -0.2) is 14.6 Å². The Hall–Kier alpha value is -3.42. The van der Waals surface area contributed by atoms with E-state index in [2.05, 4.69) is 15.3 Å². The molecule has 0 bridgehead atoms. The second-order valence-corrected chi connectivity index (χ2v) is 8.04. The molecule has 29 heavy (non-hydrogen) atoms. The van der Waals surface area contributed by atoms with Crippen LogP contribution in [-0.2, 0) is 5.54 Å². The average molecular weight is 391 g/mol. The van der Waals surface area contributed by atoms with Gasteiger partial charge in [-0.1, -0.05) is 25.1 Å². The van der Waals surface area contributed by atoms with Gasteiger partial charge in [-0.15, -0.1) is 0 Å². The monoisotopic (exact) mass is 391 g/mol. The number of carbonyl (C=O) groups is 1. The van der Waals surface area contributed by atoms with Crippen molar-refractivity contribution in [1.82, 2.24) is 29.6 Å². The Labute approximate surface area is 168 Å². The molecular formula is C21H25N7O. The molecule has 4 aromatic rings. The lowest BCUT2D eigenvalue weighted by Crippen LogP contribution is -2.26. The van der Waals surface area contributed by atoms with Crippen LogP contribution in [0.5, 0.6) is 0 Å². The van der Waals surface area contributed by atoms with E-state index in [0.29, 0.717) is 34.9 Å². The van der Waals surface area contributed by atoms with E-state index < -0.39 is 0 Å². The summed E-state index contributed by atoms with van der Waals surface area (Å²) in [7, 11) is 0. The number of nitrogen functional groups attached to an aromatic ring is 1. The third-order valence-corrected chi connectivity index (χ3v) is 4.80. The normalized spacial score (nSPS) is 12.0. The third kappa shape index (κ3) is 3.10. The maximum absolute atomic E-state index is 13.0. The summed E-state index contributed by atoms with van der Waals surface area (Å²) in [6.07, 6.45) is 2.29. The van der Waals surface area contributed by atoms with Crippen molar-refractivity contribution < 1.29 is 4.79 Å². The fourth-order valence-corrected chi connectivity index (χ4v) is 3.46. The molecule has 0 aliphatic rings. The van der Waals surface area contributed by atoms with Crippen molar-refractivity contribution in [3.8, 4) is 5.82 Å². The molecule has 150 valence electrons. The lowest BCUT2D eigenvalue weighted by atomic mass is 10.1. The molecule has 1 amide bonds. The van der Waals surface area contributed by atoms with Crippen LogP contribution in [0.25, 0.3) is 27.8 Å². The number of hydrogen-bond donors (Lipinski definition) is 2. The molecule has 0 fully saturated rings. The van der Waals surface area contributed by atoms with Crippen molar-refractivity contribution in [1.29, 1.82) is 0 Å². The molecule has 0 atom stereocenters. The van der Waals surface area contributed by atoms with Gasteiger partial charge in [0.25, 0.3) is 5.91 Å². The summed E-state index contributed by atoms with van der Waals surface area (Å²) in [6, 6.07) is 9.71. The van der Waals surface area contributed by atoms with Crippen LogP contribution in [0.1, 0.15) is 44.6 Å². The van der Waals surface area contributed by atoms with Gasteiger partial charge in [-0.3, -0.25) is 9.36 Å². The van der Waals surface area contributed by atoms with Gasteiger partial charge in [-0.05, 0) is 39.3 Å². The predicted octanol–water partition coefficient (Wildman–Crippen LogP) is 3.25. The molecular weight excluding hydrogens is 366 g/mol. The van der Waals surface area contributed by atoms with Gasteiger partial charge >= 0.3 is 0 Å². The highest BCUT2D eigenvalue weighted by Crippen LogP contribution is 2.32. The van der Waals surface area contributed by atoms with Crippen molar-refractivity contribution in [2.75, 3.05) is 12.3 Å². The largest absolute Gasteiger partial charge is 0.383 e. The predicted molar refractivity (Wildman–Crippen MR) is 114 cm³/mol. The minimum atomic E-state index is -0.328. The van der Waals surface area contributed by atoms with Gasteiger partial charge in [0.2, 0.25) is 0 Å². The first-order valence-electron chi connectivity index (χ1n) is 9.71. The Morgan fingerprint density at radius 1 is 1.21 bits per heavy atom. The number of amides is 1. The average Bonchev–Trinajstić information content (AvgIpc) is 3.25. The summed E-state index contributed by atoms with van der Waals surface area (Å²) in [6.45, 7) is 8.76. The smallest absolute Gasteiger partial charge is 0.268 e. The number of nitrogens with two attached hydrogens (primary N) is 1. The van der Waals surface area contributed by atoms with Crippen LogP contribution in [0.3, 0.4) is 0 Å². The Kier molecular flexibility index (Phi) is 4.49. The Morgan fingerprint density at radius 3 is 2.69 bits per heavy atom. The van der Waals surface area contributed by atoms with Crippen molar-refractivity contribution in [3.05, 3.63) is 42.4 Å². The maximum atomic E-state index is 13.0. The first kappa shape index (κ1) is 18.9. The van der Waals surface area contributed by atoms with Crippen LogP contribution in [-0.4, -0.2) is 36.8 Å². The topological polar surface area (TPSA) is 104 Å². The molecule has 0 spiro atoms. The van der Waals surface area contributed by atoms with E-state index in [0.717, 1.165) is 17.3 Å². The fraction of sp³-hybridized carbons (Fsp3) is 0.333. The molecule has 0 radical (unpaired) electrons. The highest BCUT2D eigenvalue weighted by atomic mass is 16.1. The molecule has 8 heteroatoms. The number of nitrogens with zero attached hydrogens (tertiary/aromatic N) is 5. The van der Waals surface area contributed by atoms with E-state index in [9.17, 15) is 4.79 Å². The molecule has 0 saturated heterocycles. The van der Waals surface area contributed by atoms with Gasteiger partial charge in [-0.2, -0.15) is 5.10 Å². The van der Waals surface area contributed by atoms with Crippen LogP contribution in [0.15, 0.2) is 36.7 Å². The van der Waals surface area contributed by atoms with Gasteiger partial charge < -0.3 is 11.1 Å². The molecule has 0 saturated carbocycles. The van der Waals surface area contributed by atoms with Crippen LogP contribution in [0.4, 0.5) is 5.82 Å². The highest BCUT2D eigenvalue weighted by molar-refractivity contribution is 6.02. The second-order valence-electron chi connectivity index (χ2n) is 8.04. The molecule has 3 aromatic heterocycles. The number of hydrogen-bond acceptors (Lipinski definition) is 5. The number of aromatic nitrogens is 5. The van der Waals surface area contributed by atoms with Crippen molar-refractivity contribution in [2.24, 2.45) is 0 Å². The van der Waals surface area contributed by atoms with Crippen LogP contribution in [0.2, 0.25) is 0 Å². The van der Waals surface area contributed by atoms with Gasteiger partial charge in [0.15, 0.2) is 11.5 Å². The summed E-state index contributed by atoms with van der Waals surface area (Å²) in [5, 5.41) is 9.40. The van der Waals surface area contributed by atoms with E-state index in [4.69, 9.17) is 10.8 Å². The Balaban J connectivity index is 2.07. The number of carbonyl (C=O) groups excluding carboxylic acids is 1. The molecule has 0 unspecified atom stereocenters. The van der Waals surface area contributed by atoms with Crippen LogP contribution >= 0.6 is 0 Å². The molecule has 1 aromatic carbocycles. The minimum absolute atomic E-state index is 0.156. The van der Waals surface area contributed by atoms with E-state index >= 15 is 0 Å². The van der Waals surface area contributed by atoms with E-state index in [1.165, 1.54) is 6.33 Å². The Morgan fingerprint density at radius 2 is 1.97 bits per heavy atom. The zero-order valence-corrected chi connectivity index (χ0v) is 17.1. The summed E-state index contributed by atoms with van der Waals surface area (Å²) >= 11 is 0. The first-order valence-corrected chi connectivity index (χ1v) is 9.71. The van der Waals surface area contributed by atoms with E-state index in [1.807, 2.05) is 67.3 Å². The summed E-state index contributed by atoms with van der Waals surface area (Å²) in [5.41, 5.74) is 7.94. The SMILES string of the molecule is CCCNC(=O)c1cc2ccccc2n1-c1nn(C(C)(C)C)c2ncnc(N)c12. The molecule has 8 nitrogen and oxygen atoms in total. The molecule has 0 aliphatic heterocycles. The first-order chi connectivity index (χ1) is 13.8. The van der Waals surface area contributed by atoms with Crippen molar-refractivity contribution >= 4 is 33.7 Å². The quantitative estimate of drug-likeness (QED) is 0.556. The molecule has 3 heterocycles. The zero-order valence-electron chi connectivity index (χ0n) is 17.1. The minimum Gasteiger partial charge on any atom is -0.383 e. The number of rotatable bonds is 4. The van der Waals surface area contributed by atoms with E-state index in [-0.39, 0.29) is 11.4 Å². The standard InChI is InChI=1S/C21H25N7O/c1-5-10-23-20(29)15-11-13-8-6-7-9-14(13)27(15)19-16-17(22)24-12-25-18(16)28(26-19)21(2,3)4/h6-9,11-12H,5,10H2,1-4H3,(H,23,29)(H2,22,24,25). The van der Waals surface area contributed by atoms with Crippen molar-refractivity contribution in [3.63, 3.8) is 0 Å². The lowest BCUT2D eigenvalue weighted by Gasteiger charge is -2.19. The number of anilines is 1. The fourth-order valence-electron chi connectivity index (χ4n) is 3.46.